The summed E-state index contributed by atoms with van der Waals surface area (Å²) in [4.78, 5) is 0. The van der Waals surface area contributed by atoms with Crippen LogP contribution in [0.2, 0.25) is 0 Å². The van der Waals surface area contributed by atoms with Crippen LogP contribution in [-0.4, -0.2) is 50.8 Å². The van der Waals surface area contributed by atoms with E-state index in [1.165, 1.54) is 8.61 Å². The Labute approximate surface area is 128 Å². The highest BCUT2D eigenvalue weighted by molar-refractivity contribution is 7.86. The third-order valence-electron chi connectivity index (χ3n) is 2.95. The van der Waals surface area contributed by atoms with Gasteiger partial charge in [-0.25, -0.2) is 0 Å². The zero-order chi connectivity index (χ0) is 15.9. The van der Waals surface area contributed by atoms with Crippen molar-refractivity contribution in [2.75, 3.05) is 33.7 Å². The molecule has 0 aliphatic carbocycles. The summed E-state index contributed by atoms with van der Waals surface area (Å²) in [5, 5.41) is 3.19. The number of nitrogens with zero attached hydrogens (tertiary/aromatic N) is 2. The van der Waals surface area contributed by atoms with Gasteiger partial charge < -0.3 is 5.32 Å². The lowest BCUT2D eigenvalue weighted by molar-refractivity contribution is 0.367. The lowest BCUT2D eigenvalue weighted by Crippen LogP contribution is -2.42. The fraction of sp³-hybridized carbons (Fsp3) is 0.467. The van der Waals surface area contributed by atoms with Crippen molar-refractivity contribution in [2.24, 2.45) is 0 Å². The first-order valence-corrected chi connectivity index (χ1v) is 8.30. The molecule has 0 atom stereocenters. The quantitative estimate of drug-likeness (QED) is 0.555. The Kier molecular flexibility index (Phi) is 7.04. The predicted molar refractivity (Wildman–Crippen MR) is 87.1 cm³/mol. The largest absolute Gasteiger partial charge is 0.312 e. The standard InChI is InChI=1S/C15H25N3O2S/c1-14(2)12-16-10-11-18(21(19,20)17(3)4)13-15-8-6-5-7-9-15/h5-9,16H,1,10-13H2,2-4H3. The molecule has 1 N–H and O–H groups in total. The Hall–Kier alpha value is -1.21. The van der Waals surface area contributed by atoms with Crippen molar-refractivity contribution in [2.45, 2.75) is 13.5 Å². The lowest BCUT2D eigenvalue weighted by atomic mass is 10.2. The van der Waals surface area contributed by atoms with E-state index >= 15 is 0 Å². The van der Waals surface area contributed by atoms with Crippen LogP contribution in [0.5, 0.6) is 0 Å². The van der Waals surface area contributed by atoms with Crippen LogP contribution in [0.4, 0.5) is 0 Å². The highest BCUT2D eigenvalue weighted by Crippen LogP contribution is 2.10. The Balaban J connectivity index is 2.73. The van der Waals surface area contributed by atoms with Gasteiger partial charge >= 0.3 is 0 Å². The molecule has 0 fully saturated rings. The molecule has 0 saturated heterocycles. The zero-order valence-corrected chi connectivity index (χ0v) is 13.9. The highest BCUT2D eigenvalue weighted by atomic mass is 32.2. The van der Waals surface area contributed by atoms with Gasteiger partial charge in [-0.15, -0.1) is 0 Å². The van der Waals surface area contributed by atoms with Gasteiger partial charge in [-0.1, -0.05) is 42.5 Å². The number of benzene rings is 1. The summed E-state index contributed by atoms with van der Waals surface area (Å²) in [7, 11) is -0.333. The molecule has 1 aromatic rings. The van der Waals surface area contributed by atoms with Crippen molar-refractivity contribution in [3.8, 4) is 0 Å². The van der Waals surface area contributed by atoms with Crippen molar-refractivity contribution in [3.63, 3.8) is 0 Å². The average molecular weight is 311 g/mol. The first kappa shape index (κ1) is 17.8. The minimum Gasteiger partial charge on any atom is -0.312 e. The molecular weight excluding hydrogens is 286 g/mol. The van der Waals surface area contributed by atoms with Gasteiger partial charge in [0.05, 0.1) is 0 Å². The van der Waals surface area contributed by atoms with Crippen molar-refractivity contribution in [1.29, 1.82) is 0 Å². The van der Waals surface area contributed by atoms with Crippen LogP contribution in [-0.2, 0) is 16.8 Å². The summed E-state index contributed by atoms with van der Waals surface area (Å²) in [6, 6.07) is 9.60. The Bertz CT molecular complexity index is 541. The molecule has 0 aliphatic rings. The predicted octanol–water partition coefficient (Wildman–Crippen LogP) is 1.46. The maximum atomic E-state index is 12.4. The number of nitrogens with one attached hydrogen (secondary N) is 1. The summed E-state index contributed by atoms with van der Waals surface area (Å²) in [5.74, 6) is 0. The Morgan fingerprint density at radius 2 is 1.86 bits per heavy atom. The fourth-order valence-corrected chi connectivity index (χ4v) is 2.90. The second kappa shape index (κ2) is 8.29. The molecule has 0 aromatic heterocycles. The molecule has 0 saturated carbocycles. The molecule has 0 radical (unpaired) electrons. The molecular formula is C15H25N3O2S. The van der Waals surface area contributed by atoms with Gasteiger partial charge in [0, 0.05) is 40.3 Å². The zero-order valence-electron chi connectivity index (χ0n) is 13.0. The van der Waals surface area contributed by atoms with E-state index < -0.39 is 10.2 Å². The molecule has 0 bridgehead atoms. The van der Waals surface area contributed by atoms with E-state index in [0.29, 0.717) is 26.2 Å². The average Bonchev–Trinajstić information content (AvgIpc) is 2.42. The van der Waals surface area contributed by atoms with Crippen LogP contribution in [0.25, 0.3) is 0 Å². The van der Waals surface area contributed by atoms with E-state index in [2.05, 4.69) is 11.9 Å². The second-order valence-electron chi connectivity index (χ2n) is 5.24. The molecule has 5 nitrogen and oxygen atoms in total. The van der Waals surface area contributed by atoms with Crippen molar-refractivity contribution in [3.05, 3.63) is 48.0 Å². The Morgan fingerprint density at radius 3 is 2.38 bits per heavy atom. The molecule has 0 aliphatic heterocycles. The second-order valence-corrected chi connectivity index (χ2v) is 7.39. The molecule has 1 aromatic carbocycles. The van der Waals surface area contributed by atoms with Gasteiger partial charge in [-0.3, -0.25) is 0 Å². The summed E-state index contributed by atoms with van der Waals surface area (Å²) in [6.45, 7) is 7.83. The monoisotopic (exact) mass is 311 g/mol. The third-order valence-corrected chi connectivity index (χ3v) is 4.84. The van der Waals surface area contributed by atoms with E-state index in [0.717, 1.165) is 11.1 Å². The first-order chi connectivity index (χ1) is 9.84. The molecule has 118 valence electrons. The summed E-state index contributed by atoms with van der Waals surface area (Å²) < 4.78 is 27.5. The minimum absolute atomic E-state index is 0.371. The highest BCUT2D eigenvalue weighted by Gasteiger charge is 2.24. The van der Waals surface area contributed by atoms with Gasteiger partial charge in [-0.05, 0) is 12.5 Å². The van der Waals surface area contributed by atoms with Crippen molar-refractivity contribution >= 4 is 10.2 Å². The van der Waals surface area contributed by atoms with Gasteiger partial charge in [-0.2, -0.15) is 17.0 Å². The van der Waals surface area contributed by atoms with Gasteiger partial charge in [0.2, 0.25) is 0 Å². The summed E-state index contributed by atoms with van der Waals surface area (Å²) in [5.41, 5.74) is 2.00. The van der Waals surface area contributed by atoms with Crippen LogP contribution in [0.3, 0.4) is 0 Å². The number of rotatable bonds is 9. The van der Waals surface area contributed by atoms with Crippen molar-refractivity contribution in [1.82, 2.24) is 13.9 Å². The van der Waals surface area contributed by atoms with E-state index in [9.17, 15) is 8.42 Å². The minimum atomic E-state index is -3.43. The molecule has 6 heteroatoms. The van der Waals surface area contributed by atoms with Crippen LogP contribution < -0.4 is 5.32 Å². The van der Waals surface area contributed by atoms with Crippen LogP contribution in [0, 0.1) is 0 Å². The normalized spacial score (nSPS) is 12.0. The molecule has 0 unspecified atom stereocenters. The fourth-order valence-electron chi connectivity index (χ4n) is 1.80. The Morgan fingerprint density at radius 1 is 1.24 bits per heavy atom. The SMILES string of the molecule is C=C(C)CNCCN(Cc1ccccc1)S(=O)(=O)N(C)C. The molecule has 1 rings (SSSR count). The molecule has 21 heavy (non-hydrogen) atoms. The lowest BCUT2D eigenvalue weighted by Gasteiger charge is -2.25. The third kappa shape index (κ3) is 5.97. The first-order valence-electron chi connectivity index (χ1n) is 6.90. The van der Waals surface area contributed by atoms with Crippen molar-refractivity contribution < 1.29 is 8.42 Å². The number of hydrogen-bond acceptors (Lipinski definition) is 3. The topological polar surface area (TPSA) is 52.7 Å². The molecule has 0 heterocycles. The smallest absolute Gasteiger partial charge is 0.281 e. The van der Waals surface area contributed by atoms with E-state index in [4.69, 9.17) is 0 Å². The van der Waals surface area contributed by atoms with Gasteiger partial charge in [0.25, 0.3) is 10.2 Å². The van der Waals surface area contributed by atoms with Gasteiger partial charge in [0.15, 0.2) is 0 Å². The maximum absolute atomic E-state index is 12.4. The van der Waals surface area contributed by atoms with E-state index in [-0.39, 0.29) is 0 Å². The van der Waals surface area contributed by atoms with Crippen LogP contribution in [0.1, 0.15) is 12.5 Å². The maximum Gasteiger partial charge on any atom is 0.281 e. The van der Waals surface area contributed by atoms with Crippen LogP contribution >= 0.6 is 0 Å². The number of hydrogen-bond donors (Lipinski definition) is 1. The molecule has 0 amide bonds. The van der Waals surface area contributed by atoms with Gasteiger partial charge in [0.1, 0.15) is 0 Å². The van der Waals surface area contributed by atoms with E-state index in [1.807, 2.05) is 37.3 Å². The molecule has 0 spiro atoms. The summed E-state index contributed by atoms with van der Waals surface area (Å²) >= 11 is 0. The van der Waals surface area contributed by atoms with E-state index in [1.54, 1.807) is 14.1 Å². The summed E-state index contributed by atoms with van der Waals surface area (Å²) in [6.07, 6.45) is 0. The van der Waals surface area contributed by atoms with Crippen LogP contribution in [0.15, 0.2) is 42.5 Å².